The van der Waals surface area contributed by atoms with Crippen LogP contribution in [0.5, 0.6) is 17.2 Å². The summed E-state index contributed by atoms with van der Waals surface area (Å²) in [5, 5.41) is 3.38. The van der Waals surface area contributed by atoms with Crippen LogP contribution < -0.4 is 19.5 Å². The summed E-state index contributed by atoms with van der Waals surface area (Å²) in [5.41, 5.74) is 1.02. The Morgan fingerprint density at radius 2 is 1.64 bits per heavy atom. The van der Waals surface area contributed by atoms with Gasteiger partial charge in [-0.1, -0.05) is 12.1 Å². The summed E-state index contributed by atoms with van der Waals surface area (Å²) in [6.45, 7) is 4.15. The Balaban J connectivity index is 1.70. The molecule has 4 nitrogen and oxygen atoms in total. The van der Waals surface area contributed by atoms with Crippen molar-refractivity contribution in [3.05, 3.63) is 48.5 Å². The number of hydrogen-bond acceptors (Lipinski definition) is 4. The minimum atomic E-state index is 0.663. The highest BCUT2D eigenvalue weighted by Crippen LogP contribution is 2.23. The lowest BCUT2D eigenvalue weighted by atomic mass is 10.3. The molecular weight excluding hydrogens is 278 g/mol. The highest BCUT2D eigenvalue weighted by Gasteiger charge is 2.01. The molecule has 0 spiro atoms. The third-order valence-electron chi connectivity index (χ3n) is 3.15. The number of rotatable bonds is 9. The Hall–Kier alpha value is -2.36. The Morgan fingerprint density at radius 1 is 0.909 bits per heavy atom. The van der Waals surface area contributed by atoms with Crippen molar-refractivity contribution in [2.75, 3.05) is 32.2 Å². The van der Waals surface area contributed by atoms with Gasteiger partial charge >= 0.3 is 0 Å². The van der Waals surface area contributed by atoms with Crippen molar-refractivity contribution in [1.82, 2.24) is 0 Å². The minimum absolute atomic E-state index is 0.663. The summed E-state index contributed by atoms with van der Waals surface area (Å²) in [6, 6.07) is 15.6. The van der Waals surface area contributed by atoms with Crippen LogP contribution in [0.3, 0.4) is 0 Å². The molecule has 0 saturated carbocycles. The molecule has 0 heterocycles. The zero-order chi connectivity index (χ0) is 15.6. The van der Waals surface area contributed by atoms with Gasteiger partial charge in [0.05, 0.1) is 26.0 Å². The van der Waals surface area contributed by atoms with Crippen LogP contribution in [0.4, 0.5) is 5.69 Å². The second-order valence-corrected chi connectivity index (χ2v) is 4.73. The van der Waals surface area contributed by atoms with Crippen molar-refractivity contribution in [1.29, 1.82) is 0 Å². The molecule has 2 aromatic rings. The van der Waals surface area contributed by atoms with Gasteiger partial charge in [-0.2, -0.15) is 0 Å². The second-order valence-electron chi connectivity index (χ2n) is 4.73. The van der Waals surface area contributed by atoms with E-state index < -0.39 is 0 Å². The average Bonchev–Trinajstić information content (AvgIpc) is 2.57. The van der Waals surface area contributed by atoms with E-state index >= 15 is 0 Å². The van der Waals surface area contributed by atoms with Crippen molar-refractivity contribution in [2.24, 2.45) is 0 Å². The van der Waals surface area contributed by atoms with Gasteiger partial charge in [-0.05, 0) is 49.7 Å². The largest absolute Gasteiger partial charge is 0.497 e. The third kappa shape index (κ3) is 4.88. The van der Waals surface area contributed by atoms with Crippen LogP contribution in [0.1, 0.15) is 13.3 Å². The summed E-state index contributed by atoms with van der Waals surface area (Å²) in [6.07, 6.45) is 0.909. The molecule has 4 heteroatoms. The standard InChI is InChI=1S/C18H23NO3/c1-3-21-18-8-5-4-7-17(18)19-13-6-14-22-16-11-9-15(20-2)10-12-16/h4-5,7-12,19H,3,6,13-14H2,1-2H3. The summed E-state index contributed by atoms with van der Waals surface area (Å²) < 4.78 is 16.4. The van der Waals surface area contributed by atoms with E-state index in [4.69, 9.17) is 14.2 Å². The molecule has 0 amide bonds. The van der Waals surface area contributed by atoms with E-state index in [0.717, 1.165) is 35.9 Å². The topological polar surface area (TPSA) is 39.7 Å². The molecule has 2 aromatic carbocycles. The van der Waals surface area contributed by atoms with E-state index in [0.29, 0.717) is 13.2 Å². The molecule has 1 N–H and O–H groups in total. The fourth-order valence-electron chi connectivity index (χ4n) is 2.05. The first kappa shape index (κ1) is 16.0. The lowest BCUT2D eigenvalue weighted by molar-refractivity contribution is 0.314. The SMILES string of the molecule is CCOc1ccccc1NCCCOc1ccc(OC)cc1. The lowest BCUT2D eigenvalue weighted by Gasteiger charge is -2.12. The highest BCUT2D eigenvalue weighted by atomic mass is 16.5. The van der Waals surface area contributed by atoms with Crippen LogP contribution in [-0.4, -0.2) is 26.9 Å². The summed E-state index contributed by atoms with van der Waals surface area (Å²) in [4.78, 5) is 0. The van der Waals surface area contributed by atoms with Gasteiger partial charge in [0.2, 0.25) is 0 Å². The van der Waals surface area contributed by atoms with E-state index in [9.17, 15) is 0 Å². The Kier molecular flexibility index (Phi) is 6.42. The van der Waals surface area contributed by atoms with E-state index in [-0.39, 0.29) is 0 Å². The first-order chi connectivity index (χ1) is 10.8. The van der Waals surface area contributed by atoms with Gasteiger partial charge in [-0.25, -0.2) is 0 Å². The molecule has 0 aliphatic carbocycles. The molecular formula is C18H23NO3. The summed E-state index contributed by atoms with van der Waals surface area (Å²) in [7, 11) is 1.65. The van der Waals surface area contributed by atoms with Crippen molar-refractivity contribution in [3.8, 4) is 17.2 Å². The van der Waals surface area contributed by atoms with Crippen molar-refractivity contribution < 1.29 is 14.2 Å². The second kappa shape index (κ2) is 8.82. The van der Waals surface area contributed by atoms with Gasteiger partial charge in [0.15, 0.2) is 0 Å². The maximum Gasteiger partial charge on any atom is 0.142 e. The number of benzene rings is 2. The Bertz CT molecular complexity index is 555. The number of hydrogen-bond donors (Lipinski definition) is 1. The molecule has 2 rings (SSSR count). The Morgan fingerprint density at radius 3 is 2.36 bits per heavy atom. The zero-order valence-electron chi connectivity index (χ0n) is 13.2. The van der Waals surface area contributed by atoms with Crippen LogP contribution in [0.2, 0.25) is 0 Å². The normalized spacial score (nSPS) is 10.1. The van der Waals surface area contributed by atoms with Gasteiger partial charge in [-0.3, -0.25) is 0 Å². The fourth-order valence-corrected chi connectivity index (χ4v) is 2.05. The monoisotopic (exact) mass is 301 g/mol. The average molecular weight is 301 g/mol. The van der Waals surface area contributed by atoms with Crippen molar-refractivity contribution >= 4 is 5.69 Å². The van der Waals surface area contributed by atoms with E-state index in [1.807, 2.05) is 55.5 Å². The first-order valence-corrected chi connectivity index (χ1v) is 7.56. The molecule has 0 radical (unpaired) electrons. The van der Waals surface area contributed by atoms with Crippen LogP contribution in [0.15, 0.2) is 48.5 Å². The molecule has 0 aliphatic heterocycles. The van der Waals surface area contributed by atoms with Crippen LogP contribution >= 0.6 is 0 Å². The first-order valence-electron chi connectivity index (χ1n) is 7.56. The number of anilines is 1. The maximum absolute atomic E-state index is 5.69. The van der Waals surface area contributed by atoms with E-state index in [1.54, 1.807) is 7.11 Å². The molecule has 0 aromatic heterocycles. The molecule has 0 fully saturated rings. The van der Waals surface area contributed by atoms with E-state index in [2.05, 4.69) is 5.32 Å². The van der Waals surface area contributed by atoms with Crippen molar-refractivity contribution in [2.45, 2.75) is 13.3 Å². The number of nitrogens with one attached hydrogen (secondary N) is 1. The molecule has 0 bridgehead atoms. The summed E-state index contributed by atoms with van der Waals surface area (Å²) in [5.74, 6) is 2.58. The lowest BCUT2D eigenvalue weighted by Crippen LogP contribution is -2.08. The highest BCUT2D eigenvalue weighted by molar-refractivity contribution is 5.56. The number of ether oxygens (including phenoxy) is 3. The predicted molar refractivity (Wildman–Crippen MR) is 89.2 cm³/mol. The smallest absolute Gasteiger partial charge is 0.142 e. The number of para-hydroxylation sites is 2. The van der Waals surface area contributed by atoms with Crippen LogP contribution in [-0.2, 0) is 0 Å². The zero-order valence-corrected chi connectivity index (χ0v) is 13.2. The predicted octanol–water partition coefficient (Wildman–Crippen LogP) is 3.97. The summed E-state index contributed by atoms with van der Waals surface area (Å²) >= 11 is 0. The molecule has 118 valence electrons. The van der Waals surface area contributed by atoms with Gasteiger partial charge in [-0.15, -0.1) is 0 Å². The van der Waals surface area contributed by atoms with Gasteiger partial charge in [0.1, 0.15) is 17.2 Å². The van der Waals surface area contributed by atoms with Crippen molar-refractivity contribution in [3.63, 3.8) is 0 Å². The van der Waals surface area contributed by atoms with Gasteiger partial charge < -0.3 is 19.5 Å². The van der Waals surface area contributed by atoms with Crippen LogP contribution in [0, 0.1) is 0 Å². The molecule has 0 unspecified atom stereocenters. The fraction of sp³-hybridized carbons (Fsp3) is 0.333. The quantitative estimate of drug-likeness (QED) is 0.711. The Labute approximate surface area is 132 Å². The van der Waals surface area contributed by atoms with Gasteiger partial charge in [0, 0.05) is 6.54 Å². The van der Waals surface area contributed by atoms with Crippen LogP contribution in [0.25, 0.3) is 0 Å². The van der Waals surface area contributed by atoms with Gasteiger partial charge in [0.25, 0.3) is 0 Å². The minimum Gasteiger partial charge on any atom is -0.497 e. The molecule has 22 heavy (non-hydrogen) atoms. The molecule has 0 saturated heterocycles. The number of methoxy groups -OCH3 is 1. The maximum atomic E-state index is 5.69. The molecule has 0 atom stereocenters. The third-order valence-corrected chi connectivity index (χ3v) is 3.15. The molecule has 0 aliphatic rings. The van der Waals surface area contributed by atoms with E-state index in [1.165, 1.54) is 0 Å².